The number of nitrogens with zero attached hydrogens (tertiary/aromatic N) is 3. The van der Waals surface area contributed by atoms with Gasteiger partial charge in [0.05, 0.1) is 20.2 Å². The third kappa shape index (κ3) is 4.79. The van der Waals surface area contributed by atoms with Gasteiger partial charge >= 0.3 is 0 Å². The summed E-state index contributed by atoms with van der Waals surface area (Å²) >= 11 is 0. The van der Waals surface area contributed by atoms with Crippen LogP contribution in [-0.4, -0.2) is 35.2 Å². The second-order valence-electron chi connectivity index (χ2n) is 6.65. The van der Waals surface area contributed by atoms with E-state index in [0.29, 0.717) is 12.0 Å². The number of hydrogen-bond donors (Lipinski definition) is 3. The number of benzene rings is 1. The standard InChI is InChI=1S/C18H26N6O/c1-24(14-6-4-3-5-7-14)12-16-21-17(19)23-18(22-16)20-13-8-10-15(25-2)11-9-13/h8-11,14H,3-7,12H2,1-2H3,(H3,19,20,21,22,23)/p+1. The van der Waals surface area contributed by atoms with Crippen molar-refractivity contribution in [3.05, 3.63) is 30.1 Å². The zero-order valence-corrected chi connectivity index (χ0v) is 15.0. The zero-order chi connectivity index (χ0) is 17.6. The van der Waals surface area contributed by atoms with E-state index in [1.807, 2.05) is 24.3 Å². The molecule has 1 aliphatic carbocycles. The molecular weight excluding hydrogens is 316 g/mol. The number of ether oxygens (including phenoxy) is 1. The fourth-order valence-electron chi connectivity index (χ4n) is 3.37. The molecule has 134 valence electrons. The third-order valence-corrected chi connectivity index (χ3v) is 4.78. The molecule has 0 radical (unpaired) electrons. The van der Waals surface area contributed by atoms with Crippen molar-refractivity contribution in [2.24, 2.45) is 0 Å². The molecule has 1 saturated carbocycles. The topological polar surface area (TPSA) is 90.4 Å². The van der Waals surface area contributed by atoms with Crippen LogP contribution < -0.4 is 20.7 Å². The summed E-state index contributed by atoms with van der Waals surface area (Å²) in [5, 5.41) is 3.18. The molecule has 1 atom stereocenters. The normalized spacial score (nSPS) is 16.4. The number of anilines is 3. The van der Waals surface area contributed by atoms with Crippen LogP contribution >= 0.6 is 0 Å². The van der Waals surface area contributed by atoms with Crippen LogP contribution in [0.25, 0.3) is 0 Å². The van der Waals surface area contributed by atoms with E-state index in [4.69, 9.17) is 10.5 Å². The van der Waals surface area contributed by atoms with Crippen LogP contribution in [-0.2, 0) is 6.54 Å². The van der Waals surface area contributed by atoms with Crippen LogP contribution in [0.1, 0.15) is 37.9 Å². The van der Waals surface area contributed by atoms with Gasteiger partial charge in [-0.25, -0.2) is 0 Å². The summed E-state index contributed by atoms with van der Waals surface area (Å²) in [5.74, 6) is 2.26. The average molecular weight is 343 g/mol. The van der Waals surface area contributed by atoms with E-state index in [0.717, 1.165) is 23.8 Å². The van der Waals surface area contributed by atoms with E-state index in [-0.39, 0.29) is 5.95 Å². The number of quaternary nitrogens is 1. The maximum Gasteiger partial charge on any atom is 0.232 e. The van der Waals surface area contributed by atoms with Crippen molar-refractivity contribution in [3.63, 3.8) is 0 Å². The van der Waals surface area contributed by atoms with Gasteiger partial charge in [-0.1, -0.05) is 6.42 Å². The summed E-state index contributed by atoms with van der Waals surface area (Å²) in [6, 6.07) is 8.28. The first-order valence-corrected chi connectivity index (χ1v) is 8.88. The minimum Gasteiger partial charge on any atom is -0.497 e. The van der Waals surface area contributed by atoms with Crippen molar-refractivity contribution in [2.75, 3.05) is 25.2 Å². The second-order valence-corrected chi connectivity index (χ2v) is 6.65. The lowest BCUT2D eigenvalue weighted by Gasteiger charge is -2.27. The number of nitrogens with two attached hydrogens (primary N) is 1. The van der Waals surface area contributed by atoms with Crippen molar-refractivity contribution in [2.45, 2.75) is 44.7 Å². The van der Waals surface area contributed by atoms with Gasteiger partial charge in [-0.05, 0) is 49.9 Å². The van der Waals surface area contributed by atoms with Gasteiger partial charge in [-0.2, -0.15) is 15.0 Å². The molecule has 0 saturated heterocycles. The molecule has 4 N–H and O–H groups in total. The number of nitrogens with one attached hydrogen (secondary N) is 2. The van der Waals surface area contributed by atoms with E-state index in [1.165, 1.54) is 37.0 Å². The minimum atomic E-state index is 0.248. The van der Waals surface area contributed by atoms with E-state index in [1.54, 1.807) is 7.11 Å². The van der Waals surface area contributed by atoms with Crippen LogP contribution in [0.4, 0.5) is 17.6 Å². The fourth-order valence-corrected chi connectivity index (χ4v) is 3.37. The Kier molecular flexibility index (Phi) is 5.65. The molecular formula is C18H27N6O+. The van der Waals surface area contributed by atoms with Crippen molar-refractivity contribution in [1.82, 2.24) is 15.0 Å². The van der Waals surface area contributed by atoms with Crippen molar-refractivity contribution < 1.29 is 9.64 Å². The molecule has 1 aromatic carbocycles. The van der Waals surface area contributed by atoms with Gasteiger partial charge in [-0.15, -0.1) is 0 Å². The van der Waals surface area contributed by atoms with Gasteiger partial charge in [0.25, 0.3) is 0 Å². The molecule has 1 heterocycles. The maximum absolute atomic E-state index is 5.88. The van der Waals surface area contributed by atoms with Crippen LogP contribution in [0.2, 0.25) is 0 Å². The van der Waals surface area contributed by atoms with Crippen molar-refractivity contribution in [1.29, 1.82) is 0 Å². The molecule has 2 aromatic rings. The Morgan fingerprint density at radius 2 is 1.84 bits per heavy atom. The molecule has 3 rings (SSSR count). The highest BCUT2D eigenvalue weighted by atomic mass is 16.5. The molecule has 7 nitrogen and oxygen atoms in total. The van der Waals surface area contributed by atoms with Gasteiger partial charge in [0.1, 0.15) is 12.3 Å². The molecule has 1 aliphatic rings. The molecule has 1 aromatic heterocycles. The molecule has 0 amide bonds. The van der Waals surface area contributed by atoms with Gasteiger partial charge in [-0.3, -0.25) is 0 Å². The lowest BCUT2D eigenvalue weighted by atomic mass is 9.94. The zero-order valence-electron chi connectivity index (χ0n) is 15.0. The van der Waals surface area contributed by atoms with Crippen LogP contribution in [0, 0.1) is 0 Å². The van der Waals surface area contributed by atoms with Crippen LogP contribution in [0.15, 0.2) is 24.3 Å². The van der Waals surface area contributed by atoms with Gasteiger partial charge in [0.2, 0.25) is 11.9 Å². The van der Waals surface area contributed by atoms with Crippen LogP contribution in [0.3, 0.4) is 0 Å². The molecule has 0 bridgehead atoms. The smallest absolute Gasteiger partial charge is 0.232 e. The van der Waals surface area contributed by atoms with Crippen LogP contribution in [0.5, 0.6) is 5.75 Å². The van der Waals surface area contributed by atoms with E-state index in [9.17, 15) is 0 Å². The average Bonchev–Trinajstić information content (AvgIpc) is 2.62. The largest absolute Gasteiger partial charge is 0.497 e. The van der Waals surface area contributed by atoms with Crippen molar-refractivity contribution in [3.8, 4) is 5.75 Å². The lowest BCUT2D eigenvalue weighted by Crippen LogP contribution is -3.11. The van der Waals surface area contributed by atoms with Crippen molar-refractivity contribution >= 4 is 17.6 Å². The Balaban J connectivity index is 1.68. The van der Waals surface area contributed by atoms with E-state index >= 15 is 0 Å². The SMILES string of the molecule is COc1ccc(Nc2nc(N)nc(C[NH+](C)C3CCCCC3)n2)cc1. The Hall–Kier alpha value is -2.41. The Labute approximate surface area is 148 Å². The highest BCUT2D eigenvalue weighted by Gasteiger charge is 2.22. The number of methoxy groups -OCH3 is 1. The first-order chi connectivity index (χ1) is 12.1. The first kappa shape index (κ1) is 17.4. The molecule has 25 heavy (non-hydrogen) atoms. The summed E-state index contributed by atoms with van der Waals surface area (Å²) in [4.78, 5) is 14.5. The fraction of sp³-hybridized carbons (Fsp3) is 0.500. The quantitative estimate of drug-likeness (QED) is 0.737. The summed E-state index contributed by atoms with van der Waals surface area (Å²) < 4.78 is 5.17. The Morgan fingerprint density at radius 1 is 1.12 bits per heavy atom. The highest BCUT2D eigenvalue weighted by Crippen LogP contribution is 2.18. The number of rotatable bonds is 6. The number of aromatic nitrogens is 3. The lowest BCUT2D eigenvalue weighted by molar-refractivity contribution is -0.921. The summed E-state index contributed by atoms with van der Waals surface area (Å²) in [6.07, 6.45) is 6.57. The van der Waals surface area contributed by atoms with Gasteiger partial charge < -0.3 is 20.7 Å². The monoisotopic (exact) mass is 343 g/mol. The highest BCUT2D eigenvalue weighted by molar-refractivity contribution is 5.55. The summed E-state index contributed by atoms with van der Waals surface area (Å²) in [6.45, 7) is 0.759. The molecule has 7 heteroatoms. The minimum absolute atomic E-state index is 0.248. The summed E-state index contributed by atoms with van der Waals surface area (Å²) in [7, 11) is 3.86. The molecule has 0 spiro atoms. The molecule has 1 fully saturated rings. The number of nitrogen functional groups attached to an aromatic ring is 1. The van der Waals surface area contributed by atoms with E-state index < -0.39 is 0 Å². The van der Waals surface area contributed by atoms with E-state index in [2.05, 4.69) is 27.3 Å². The maximum atomic E-state index is 5.88. The first-order valence-electron chi connectivity index (χ1n) is 8.88. The number of hydrogen-bond acceptors (Lipinski definition) is 6. The predicted octanol–water partition coefficient (Wildman–Crippen LogP) is 1.55. The Morgan fingerprint density at radius 3 is 2.52 bits per heavy atom. The Bertz CT molecular complexity index is 684. The predicted molar refractivity (Wildman–Crippen MR) is 98.0 cm³/mol. The second kappa shape index (κ2) is 8.11. The van der Waals surface area contributed by atoms with Gasteiger partial charge in [0.15, 0.2) is 5.82 Å². The molecule has 0 aliphatic heterocycles. The molecule has 1 unspecified atom stereocenters. The van der Waals surface area contributed by atoms with Gasteiger partial charge in [0, 0.05) is 5.69 Å². The summed E-state index contributed by atoms with van der Waals surface area (Å²) in [5.41, 5.74) is 6.76. The third-order valence-electron chi connectivity index (χ3n) is 4.78.